The van der Waals surface area contributed by atoms with Crippen LogP contribution in [0.1, 0.15) is 11.1 Å². The Morgan fingerprint density at radius 1 is 1.00 bits per heavy atom. The van der Waals surface area contributed by atoms with Gasteiger partial charge in [0, 0.05) is 29.1 Å². The summed E-state index contributed by atoms with van der Waals surface area (Å²) in [7, 11) is 3.14. The van der Waals surface area contributed by atoms with E-state index in [4.69, 9.17) is 30.2 Å². The van der Waals surface area contributed by atoms with Gasteiger partial charge in [0.05, 0.1) is 25.3 Å². The highest BCUT2D eigenvalue weighted by Gasteiger charge is 2.23. The lowest BCUT2D eigenvalue weighted by Gasteiger charge is -2.29. The highest BCUT2D eigenvalue weighted by Crippen LogP contribution is 2.36. The highest BCUT2D eigenvalue weighted by atomic mass is 35.5. The minimum Gasteiger partial charge on any atom is -0.497 e. The number of nitrogens with zero attached hydrogens (tertiary/aromatic N) is 1. The average molecular weight is 464 g/mol. The fourth-order valence-corrected chi connectivity index (χ4v) is 4.32. The van der Waals surface area contributed by atoms with Crippen LogP contribution in [0.2, 0.25) is 5.02 Å². The third-order valence-corrected chi connectivity index (χ3v) is 6.16. The fourth-order valence-electron chi connectivity index (χ4n) is 4.12. The Morgan fingerprint density at radius 3 is 2.64 bits per heavy atom. The molecule has 168 valence electrons. The van der Waals surface area contributed by atoms with Crippen molar-refractivity contribution in [2.24, 2.45) is 0 Å². The Morgan fingerprint density at radius 2 is 1.85 bits per heavy atom. The molecule has 1 aromatic heterocycles. The molecule has 0 radical (unpaired) electrons. The van der Waals surface area contributed by atoms with Gasteiger partial charge in [-0.2, -0.15) is 0 Å². The maximum absolute atomic E-state index is 13.1. The first-order valence-corrected chi connectivity index (χ1v) is 10.9. The Labute approximate surface area is 195 Å². The van der Waals surface area contributed by atoms with Crippen LogP contribution in [0.25, 0.3) is 22.1 Å². The van der Waals surface area contributed by atoms with Crippen LogP contribution < -0.4 is 19.8 Å². The zero-order valence-corrected chi connectivity index (χ0v) is 19.0. The maximum Gasteiger partial charge on any atom is 0.344 e. The van der Waals surface area contributed by atoms with E-state index < -0.39 is 5.63 Å². The summed E-state index contributed by atoms with van der Waals surface area (Å²) >= 11 is 6.33. The molecule has 6 nitrogen and oxygen atoms in total. The van der Waals surface area contributed by atoms with Gasteiger partial charge in [0.1, 0.15) is 29.6 Å². The molecule has 1 aliphatic heterocycles. The molecule has 0 saturated carbocycles. The van der Waals surface area contributed by atoms with Gasteiger partial charge in [-0.15, -0.1) is 0 Å². The van der Waals surface area contributed by atoms with Crippen LogP contribution in [0.4, 0.5) is 0 Å². The summed E-state index contributed by atoms with van der Waals surface area (Å²) in [5.41, 5.74) is 2.94. The lowest BCUT2D eigenvalue weighted by molar-refractivity contribution is 0.0890. The van der Waals surface area contributed by atoms with Crippen LogP contribution in [0, 0.1) is 0 Å². The molecule has 0 unspecified atom stereocenters. The SMILES string of the molecule is COc1ccc(OC)c(-c2cc3ccc4c(c3oc2=O)CN(Cc2ccccc2Cl)CO4)c1. The van der Waals surface area contributed by atoms with E-state index in [-0.39, 0.29) is 0 Å². The van der Waals surface area contributed by atoms with E-state index in [1.54, 1.807) is 32.4 Å². The molecule has 1 aliphatic rings. The summed E-state index contributed by atoms with van der Waals surface area (Å²) < 4.78 is 22.6. The first-order valence-electron chi connectivity index (χ1n) is 10.5. The van der Waals surface area contributed by atoms with Crippen LogP contribution in [-0.2, 0) is 13.1 Å². The molecule has 0 amide bonds. The summed E-state index contributed by atoms with van der Waals surface area (Å²) in [4.78, 5) is 15.2. The third-order valence-electron chi connectivity index (χ3n) is 5.80. The largest absolute Gasteiger partial charge is 0.497 e. The first-order chi connectivity index (χ1) is 16.1. The molecule has 2 heterocycles. The van der Waals surface area contributed by atoms with Crippen molar-refractivity contribution >= 4 is 22.6 Å². The smallest absolute Gasteiger partial charge is 0.344 e. The monoisotopic (exact) mass is 463 g/mol. The molecule has 7 heteroatoms. The molecule has 0 N–H and O–H groups in total. The second-order valence-electron chi connectivity index (χ2n) is 7.83. The number of methoxy groups -OCH3 is 2. The van der Waals surface area contributed by atoms with E-state index in [1.807, 2.05) is 42.5 Å². The summed E-state index contributed by atoms with van der Waals surface area (Å²) in [6.45, 7) is 1.62. The summed E-state index contributed by atoms with van der Waals surface area (Å²) in [5, 5.41) is 1.51. The normalized spacial score (nSPS) is 13.4. The molecule has 33 heavy (non-hydrogen) atoms. The molecular formula is C26H22ClNO5. The number of ether oxygens (including phenoxy) is 3. The van der Waals surface area contributed by atoms with Gasteiger partial charge in [-0.1, -0.05) is 29.8 Å². The van der Waals surface area contributed by atoms with Crippen LogP contribution in [-0.4, -0.2) is 25.9 Å². The molecular weight excluding hydrogens is 442 g/mol. The van der Waals surface area contributed by atoms with Gasteiger partial charge in [-0.3, -0.25) is 4.90 Å². The molecule has 3 aromatic carbocycles. The second kappa shape index (κ2) is 8.81. The average Bonchev–Trinajstić information content (AvgIpc) is 2.84. The number of hydrogen-bond acceptors (Lipinski definition) is 6. The molecule has 0 aliphatic carbocycles. The van der Waals surface area contributed by atoms with Crippen molar-refractivity contribution < 1.29 is 18.6 Å². The second-order valence-corrected chi connectivity index (χ2v) is 8.23. The standard InChI is InChI=1S/C26H22ClNO5/c1-30-18-8-10-23(31-2)19(12-18)20-11-16-7-9-24-21(25(16)33-26(20)29)14-28(15-32-24)13-17-5-3-4-6-22(17)27/h3-12H,13-15H2,1-2H3. The quantitative estimate of drug-likeness (QED) is 0.365. The lowest BCUT2D eigenvalue weighted by atomic mass is 10.0. The summed E-state index contributed by atoms with van der Waals surface area (Å²) in [6, 6.07) is 18.7. The number of benzene rings is 3. The minimum atomic E-state index is -0.453. The highest BCUT2D eigenvalue weighted by molar-refractivity contribution is 6.31. The third kappa shape index (κ3) is 4.03. The van der Waals surface area contributed by atoms with Crippen molar-refractivity contribution in [2.45, 2.75) is 13.1 Å². The molecule has 0 saturated heterocycles. The van der Waals surface area contributed by atoms with Gasteiger partial charge in [-0.25, -0.2) is 4.79 Å². The fraction of sp³-hybridized carbons (Fsp3) is 0.192. The molecule has 5 rings (SSSR count). The topological polar surface area (TPSA) is 61.1 Å². The van der Waals surface area contributed by atoms with E-state index >= 15 is 0 Å². The van der Waals surface area contributed by atoms with Crippen LogP contribution in [0.15, 0.2) is 69.9 Å². The molecule has 0 spiro atoms. The lowest BCUT2D eigenvalue weighted by Crippen LogP contribution is -2.31. The van der Waals surface area contributed by atoms with Crippen LogP contribution >= 0.6 is 11.6 Å². The molecule has 4 aromatic rings. The van der Waals surface area contributed by atoms with Crippen molar-refractivity contribution in [3.05, 3.63) is 87.2 Å². The predicted molar refractivity (Wildman–Crippen MR) is 127 cm³/mol. The summed E-state index contributed by atoms with van der Waals surface area (Å²) in [5.74, 6) is 1.90. The minimum absolute atomic E-state index is 0.405. The summed E-state index contributed by atoms with van der Waals surface area (Å²) in [6.07, 6.45) is 0. The van der Waals surface area contributed by atoms with Crippen molar-refractivity contribution in [2.75, 3.05) is 21.0 Å². The van der Waals surface area contributed by atoms with Crippen LogP contribution in [0.3, 0.4) is 0 Å². The number of halogens is 1. The Bertz CT molecular complexity index is 1400. The predicted octanol–water partition coefficient (Wildman–Crippen LogP) is 5.48. The van der Waals surface area contributed by atoms with Gasteiger partial charge >= 0.3 is 5.63 Å². The van der Waals surface area contributed by atoms with Gasteiger partial charge in [-0.05, 0) is 48.0 Å². The maximum atomic E-state index is 13.1. The zero-order chi connectivity index (χ0) is 22.9. The molecule has 0 bridgehead atoms. The van der Waals surface area contributed by atoms with Gasteiger partial charge in [0.25, 0.3) is 0 Å². The van der Waals surface area contributed by atoms with Crippen molar-refractivity contribution in [3.63, 3.8) is 0 Å². The molecule has 0 atom stereocenters. The van der Waals surface area contributed by atoms with Crippen LogP contribution in [0.5, 0.6) is 17.2 Å². The Balaban J connectivity index is 1.55. The molecule has 0 fully saturated rings. The van der Waals surface area contributed by atoms with E-state index in [0.29, 0.717) is 58.8 Å². The van der Waals surface area contributed by atoms with Crippen molar-refractivity contribution in [1.82, 2.24) is 4.90 Å². The van der Waals surface area contributed by atoms with E-state index in [9.17, 15) is 4.79 Å². The van der Waals surface area contributed by atoms with E-state index in [0.717, 1.165) is 16.5 Å². The van der Waals surface area contributed by atoms with Gasteiger partial charge in [0.2, 0.25) is 0 Å². The first kappa shape index (κ1) is 21.4. The Kier molecular flexibility index (Phi) is 5.70. The Hall–Kier alpha value is -3.48. The van der Waals surface area contributed by atoms with Gasteiger partial charge < -0.3 is 18.6 Å². The van der Waals surface area contributed by atoms with E-state index in [1.165, 1.54) is 0 Å². The number of rotatable bonds is 5. The number of hydrogen-bond donors (Lipinski definition) is 0. The van der Waals surface area contributed by atoms with Crippen molar-refractivity contribution in [1.29, 1.82) is 0 Å². The van der Waals surface area contributed by atoms with Crippen molar-refractivity contribution in [3.8, 4) is 28.4 Å². The van der Waals surface area contributed by atoms with E-state index in [2.05, 4.69) is 4.90 Å². The number of fused-ring (bicyclic) bond motifs is 3. The zero-order valence-electron chi connectivity index (χ0n) is 18.3. The van der Waals surface area contributed by atoms with Gasteiger partial charge in [0.15, 0.2) is 0 Å².